The van der Waals surface area contributed by atoms with Crippen molar-refractivity contribution in [2.45, 2.75) is 13.5 Å². The largest absolute Gasteiger partial charge is 0.497 e. The Hall–Kier alpha value is -4.26. The number of methoxy groups -OCH3 is 1. The van der Waals surface area contributed by atoms with Crippen molar-refractivity contribution in [3.63, 3.8) is 0 Å². The SMILES string of the molecule is COc1ccc(-c2cc(C(=O)NCc3ccc4c(c3)OCO4)n(-c3cccc(C)c3)n2)cc1. The summed E-state index contributed by atoms with van der Waals surface area (Å²) in [5, 5.41) is 7.75. The predicted molar refractivity (Wildman–Crippen MR) is 124 cm³/mol. The van der Waals surface area contributed by atoms with Gasteiger partial charge in [0.2, 0.25) is 6.79 Å². The minimum atomic E-state index is -0.221. The Morgan fingerprint density at radius 3 is 2.64 bits per heavy atom. The quantitative estimate of drug-likeness (QED) is 0.476. The molecule has 0 bridgehead atoms. The van der Waals surface area contributed by atoms with Crippen LogP contribution in [0.2, 0.25) is 0 Å². The van der Waals surface area contributed by atoms with E-state index in [0.717, 1.165) is 28.1 Å². The molecule has 4 aromatic rings. The Labute approximate surface area is 191 Å². The third-order valence-corrected chi connectivity index (χ3v) is 5.46. The monoisotopic (exact) mass is 441 g/mol. The van der Waals surface area contributed by atoms with Gasteiger partial charge in [0, 0.05) is 12.1 Å². The van der Waals surface area contributed by atoms with Crippen LogP contribution in [0.1, 0.15) is 21.6 Å². The Bertz CT molecular complexity index is 1310. The number of nitrogens with one attached hydrogen (secondary N) is 1. The van der Waals surface area contributed by atoms with Crippen LogP contribution in [0.25, 0.3) is 16.9 Å². The van der Waals surface area contributed by atoms with E-state index in [4.69, 9.17) is 19.3 Å². The Kier molecular flexibility index (Phi) is 5.44. The molecule has 0 saturated carbocycles. The maximum absolute atomic E-state index is 13.2. The number of aromatic nitrogens is 2. The van der Waals surface area contributed by atoms with Crippen LogP contribution in [0.15, 0.2) is 72.8 Å². The third kappa shape index (κ3) is 4.25. The number of hydrogen-bond donors (Lipinski definition) is 1. The molecule has 0 fully saturated rings. The first-order chi connectivity index (χ1) is 16.1. The molecule has 1 amide bonds. The number of nitrogens with zero attached hydrogens (tertiary/aromatic N) is 2. The van der Waals surface area contributed by atoms with Crippen molar-refractivity contribution in [3.8, 4) is 34.2 Å². The average molecular weight is 441 g/mol. The van der Waals surface area contributed by atoms with Crippen LogP contribution >= 0.6 is 0 Å². The normalized spacial score (nSPS) is 11.9. The van der Waals surface area contributed by atoms with E-state index in [2.05, 4.69) is 5.32 Å². The lowest BCUT2D eigenvalue weighted by Crippen LogP contribution is -2.25. The summed E-state index contributed by atoms with van der Waals surface area (Å²) in [6.07, 6.45) is 0. The van der Waals surface area contributed by atoms with Gasteiger partial charge in [-0.15, -0.1) is 0 Å². The van der Waals surface area contributed by atoms with Gasteiger partial charge in [0.1, 0.15) is 11.4 Å². The van der Waals surface area contributed by atoms with Crippen LogP contribution in [0, 0.1) is 6.92 Å². The zero-order chi connectivity index (χ0) is 22.8. The molecule has 0 aliphatic carbocycles. The molecule has 1 aliphatic heterocycles. The highest BCUT2D eigenvalue weighted by Crippen LogP contribution is 2.32. The Balaban J connectivity index is 1.45. The number of aryl methyl sites for hydroxylation is 1. The van der Waals surface area contributed by atoms with Gasteiger partial charge in [-0.2, -0.15) is 5.10 Å². The highest BCUT2D eigenvalue weighted by Gasteiger charge is 2.19. The summed E-state index contributed by atoms with van der Waals surface area (Å²) in [5.74, 6) is 1.94. The molecule has 0 radical (unpaired) electrons. The van der Waals surface area contributed by atoms with E-state index < -0.39 is 0 Å². The summed E-state index contributed by atoms with van der Waals surface area (Å²) in [7, 11) is 1.63. The lowest BCUT2D eigenvalue weighted by Gasteiger charge is -2.09. The first kappa shape index (κ1) is 20.6. The summed E-state index contributed by atoms with van der Waals surface area (Å²) >= 11 is 0. The van der Waals surface area contributed by atoms with Crippen molar-refractivity contribution >= 4 is 5.91 Å². The van der Waals surface area contributed by atoms with E-state index >= 15 is 0 Å². The molecule has 3 aromatic carbocycles. The summed E-state index contributed by atoms with van der Waals surface area (Å²) in [4.78, 5) is 13.2. The first-order valence-corrected chi connectivity index (χ1v) is 10.6. The number of ether oxygens (including phenoxy) is 3. The fourth-order valence-electron chi connectivity index (χ4n) is 3.73. The molecule has 7 nitrogen and oxygen atoms in total. The standard InChI is InChI=1S/C26H23N3O4/c1-17-4-3-5-20(12-17)29-23(14-22(28-29)19-7-9-21(31-2)10-8-19)26(30)27-15-18-6-11-24-25(13-18)33-16-32-24/h3-14H,15-16H2,1-2H3,(H,27,30). The zero-order valence-electron chi connectivity index (χ0n) is 18.4. The van der Waals surface area contributed by atoms with Gasteiger partial charge in [-0.25, -0.2) is 4.68 Å². The molecule has 166 valence electrons. The van der Waals surface area contributed by atoms with Gasteiger partial charge in [-0.3, -0.25) is 4.79 Å². The molecule has 2 heterocycles. The summed E-state index contributed by atoms with van der Waals surface area (Å²) in [6, 6.07) is 22.9. The number of carbonyl (C=O) groups excluding carboxylic acids is 1. The van der Waals surface area contributed by atoms with Gasteiger partial charge in [-0.05, 0) is 72.6 Å². The smallest absolute Gasteiger partial charge is 0.270 e. The van der Waals surface area contributed by atoms with Crippen molar-refractivity contribution in [1.82, 2.24) is 15.1 Å². The molecular formula is C26H23N3O4. The van der Waals surface area contributed by atoms with Crippen molar-refractivity contribution in [1.29, 1.82) is 0 Å². The predicted octanol–water partition coefficient (Wildman–Crippen LogP) is 4.52. The molecule has 5 rings (SSSR count). The lowest BCUT2D eigenvalue weighted by molar-refractivity contribution is 0.0943. The second-order valence-corrected chi connectivity index (χ2v) is 7.76. The minimum absolute atomic E-state index is 0.217. The number of amides is 1. The number of carbonyl (C=O) groups is 1. The topological polar surface area (TPSA) is 74.6 Å². The van der Waals surface area contributed by atoms with Gasteiger partial charge in [0.15, 0.2) is 11.5 Å². The van der Waals surface area contributed by atoms with Gasteiger partial charge in [-0.1, -0.05) is 18.2 Å². The van der Waals surface area contributed by atoms with Crippen molar-refractivity contribution < 1.29 is 19.0 Å². The van der Waals surface area contributed by atoms with Crippen LogP contribution in [-0.4, -0.2) is 29.6 Å². The molecule has 7 heteroatoms. The molecule has 1 aromatic heterocycles. The minimum Gasteiger partial charge on any atom is -0.497 e. The Morgan fingerprint density at radius 2 is 1.85 bits per heavy atom. The second kappa shape index (κ2) is 8.70. The van der Waals surface area contributed by atoms with E-state index in [1.165, 1.54) is 0 Å². The molecule has 0 unspecified atom stereocenters. The molecular weight excluding hydrogens is 418 g/mol. The van der Waals surface area contributed by atoms with E-state index in [0.29, 0.717) is 29.4 Å². The van der Waals surface area contributed by atoms with Gasteiger partial charge >= 0.3 is 0 Å². The highest BCUT2D eigenvalue weighted by molar-refractivity contribution is 5.94. The van der Waals surface area contributed by atoms with E-state index in [1.54, 1.807) is 17.9 Å². The fraction of sp³-hybridized carbons (Fsp3) is 0.154. The van der Waals surface area contributed by atoms with Crippen LogP contribution in [0.4, 0.5) is 0 Å². The summed E-state index contributed by atoms with van der Waals surface area (Å²) in [5.41, 5.74) is 4.87. The maximum Gasteiger partial charge on any atom is 0.270 e. The lowest BCUT2D eigenvalue weighted by atomic mass is 10.1. The number of hydrogen-bond acceptors (Lipinski definition) is 5. The zero-order valence-corrected chi connectivity index (χ0v) is 18.4. The molecule has 1 N–H and O–H groups in total. The van der Waals surface area contributed by atoms with Crippen molar-refractivity contribution in [2.24, 2.45) is 0 Å². The highest BCUT2D eigenvalue weighted by atomic mass is 16.7. The summed E-state index contributed by atoms with van der Waals surface area (Å²) < 4.78 is 17.7. The maximum atomic E-state index is 13.2. The van der Waals surface area contributed by atoms with E-state index in [-0.39, 0.29) is 12.7 Å². The third-order valence-electron chi connectivity index (χ3n) is 5.46. The molecule has 0 atom stereocenters. The van der Waals surface area contributed by atoms with Gasteiger partial charge in [0.05, 0.1) is 18.5 Å². The molecule has 0 spiro atoms. The number of fused-ring (bicyclic) bond motifs is 1. The molecule has 33 heavy (non-hydrogen) atoms. The fourth-order valence-corrected chi connectivity index (χ4v) is 3.73. The number of benzene rings is 3. The van der Waals surface area contributed by atoms with Gasteiger partial charge < -0.3 is 19.5 Å². The average Bonchev–Trinajstić information content (AvgIpc) is 3.50. The van der Waals surface area contributed by atoms with Crippen molar-refractivity contribution in [2.75, 3.05) is 13.9 Å². The number of rotatable bonds is 6. The molecule has 1 aliphatic rings. The second-order valence-electron chi connectivity index (χ2n) is 7.76. The van der Waals surface area contributed by atoms with Crippen LogP contribution in [-0.2, 0) is 6.54 Å². The van der Waals surface area contributed by atoms with Crippen LogP contribution < -0.4 is 19.5 Å². The van der Waals surface area contributed by atoms with Crippen molar-refractivity contribution in [3.05, 3.63) is 89.6 Å². The van der Waals surface area contributed by atoms with E-state index in [1.807, 2.05) is 73.7 Å². The van der Waals surface area contributed by atoms with E-state index in [9.17, 15) is 4.79 Å². The molecule has 0 saturated heterocycles. The Morgan fingerprint density at radius 1 is 1.03 bits per heavy atom. The summed E-state index contributed by atoms with van der Waals surface area (Å²) in [6.45, 7) is 2.58. The first-order valence-electron chi connectivity index (χ1n) is 10.6. The van der Waals surface area contributed by atoms with Crippen LogP contribution in [0.5, 0.6) is 17.2 Å². The van der Waals surface area contributed by atoms with Gasteiger partial charge in [0.25, 0.3) is 5.91 Å². The van der Waals surface area contributed by atoms with Crippen LogP contribution in [0.3, 0.4) is 0 Å².